The Labute approximate surface area is 366 Å². The molecule has 0 saturated carbocycles. The van der Waals surface area contributed by atoms with E-state index in [-0.39, 0.29) is 38.8 Å². The van der Waals surface area contributed by atoms with Crippen molar-refractivity contribution in [3.05, 3.63) is 122 Å². The molecule has 9 heteroatoms. The Morgan fingerprint density at radius 2 is 0.883 bits per heavy atom. The van der Waals surface area contributed by atoms with Crippen molar-refractivity contribution in [2.75, 3.05) is 33.0 Å². The molecular formula is C51H84NO7P. The van der Waals surface area contributed by atoms with Crippen molar-refractivity contribution in [2.45, 2.75) is 161 Å². The molecule has 0 saturated heterocycles. The zero-order chi connectivity index (χ0) is 43.7. The van der Waals surface area contributed by atoms with Crippen molar-refractivity contribution in [1.29, 1.82) is 0 Å². The number of hydrogen-bond donors (Lipinski definition) is 2. The SMILES string of the molecule is CC/C=C\C/C=C\C/C=C\C/C=C\C/C=C\C/C=C\CCCOCC(COP(=O)(O)OCCN)OC(=O)CCCCCCCCCC/C=C\C/C=C\C/C=C\C/C=C\CC. The molecule has 3 N–H and O–H groups in total. The topological polar surface area (TPSA) is 117 Å². The van der Waals surface area contributed by atoms with Gasteiger partial charge in [-0.25, -0.2) is 4.57 Å². The van der Waals surface area contributed by atoms with Gasteiger partial charge in [-0.3, -0.25) is 13.8 Å². The monoisotopic (exact) mass is 854 g/mol. The lowest BCUT2D eigenvalue weighted by Crippen LogP contribution is -2.28. The maximum atomic E-state index is 12.6. The molecule has 0 amide bonds. The van der Waals surface area contributed by atoms with Crippen LogP contribution in [0.15, 0.2) is 122 Å². The number of esters is 1. The van der Waals surface area contributed by atoms with Gasteiger partial charge in [0.15, 0.2) is 0 Å². The molecule has 0 aromatic rings. The molecule has 2 unspecified atom stereocenters. The van der Waals surface area contributed by atoms with E-state index in [1.807, 2.05) is 0 Å². The lowest BCUT2D eigenvalue weighted by Gasteiger charge is -2.20. The van der Waals surface area contributed by atoms with E-state index in [2.05, 4.69) is 135 Å². The number of hydrogen-bond acceptors (Lipinski definition) is 7. The van der Waals surface area contributed by atoms with Gasteiger partial charge in [-0.1, -0.05) is 174 Å². The highest BCUT2D eigenvalue weighted by Gasteiger charge is 2.25. The van der Waals surface area contributed by atoms with Crippen molar-refractivity contribution in [2.24, 2.45) is 5.73 Å². The lowest BCUT2D eigenvalue weighted by molar-refractivity contribution is -0.154. The molecule has 0 rings (SSSR count). The number of unbranched alkanes of at least 4 members (excludes halogenated alkanes) is 9. The maximum absolute atomic E-state index is 12.6. The lowest BCUT2D eigenvalue weighted by atomic mass is 10.1. The number of phosphoric acid groups is 1. The first-order valence-electron chi connectivity index (χ1n) is 23.0. The minimum atomic E-state index is -4.31. The molecule has 340 valence electrons. The molecule has 0 radical (unpaired) electrons. The van der Waals surface area contributed by atoms with Crippen molar-refractivity contribution in [3.8, 4) is 0 Å². The molecule has 0 spiro atoms. The van der Waals surface area contributed by atoms with Crippen molar-refractivity contribution in [1.82, 2.24) is 0 Å². The number of allylic oxidation sites excluding steroid dienone is 20. The summed E-state index contributed by atoms with van der Waals surface area (Å²) < 4.78 is 33.4. The molecule has 0 aliphatic carbocycles. The standard InChI is InChI=1S/C51H84NO7P/c1-3-5-7-9-11-13-15-17-19-21-23-25-26-28-30-32-34-36-38-40-42-44-51(53)59-50(49-58-60(54,55)57-47-45-52)48-56-46-43-41-39-37-35-33-31-29-27-24-22-20-18-16-14-12-10-8-6-4-2/h5-8,11-14,17-20,23-25,27,31,33,37,39,50H,3-4,9-10,15-16,21-22,26,28-30,32,34-36,38,40-49,52H2,1-2H3,(H,54,55)/b7-5-,8-6-,13-11-,14-12-,19-17-,20-18-,25-23-,27-24-,33-31-,39-37-. The number of carbonyl (C=O) groups is 1. The zero-order valence-electron chi connectivity index (χ0n) is 37.6. The first kappa shape index (κ1) is 56.9. The number of carbonyl (C=O) groups excluding carboxylic acids is 1. The molecule has 60 heavy (non-hydrogen) atoms. The molecule has 0 aliphatic heterocycles. The summed E-state index contributed by atoms with van der Waals surface area (Å²) in [7, 11) is -4.31. The van der Waals surface area contributed by atoms with E-state index >= 15 is 0 Å². The van der Waals surface area contributed by atoms with E-state index in [0.717, 1.165) is 109 Å². The van der Waals surface area contributed by atoms with Gasteiger partial charge in [0.05, 0.1) is 19.8 Å². The summed E-state index contributed by atoms with van der Waals surface area (Å²) in [4.78, 5) is 22.5. The summed E-state index contributed by atoms with van der Waals surface area (Å²) in [6.07, 6.45) is 65.2. The van der Waals surface area contributed by atoms with Crippen LogP contribution in [0.25, 0.3) is 0 Å². The van der Waals surface area contributed by atoms with E-state index < -0.39 is 13.9 Å². The predicted octanol–water partition coefficient (Wildman–Crippen LogP) is 14.2. The maximum Gasteiger partial charge on any atom is 0.472 e. The van der Waals surface area contributed by atoms with Crippen LogP contribution in [0.2, 0.25) is 0 Å². The van der Waals surface area contributed by atoms with Crippen molar-refractivity contribution < 1.29 is 32.8 Å². The van der Waals surface area contributed by atoms with Gasteiger partial charge in [-0.2, -0.15) is 0 Å². The molecule has 8 nitrogen and oxygen atoms in total. The third-order valence-electron chi connectivity index (χ3n) is 8.87. The average molecular weight is 854 g/mol. The van der Waals surface area contributed by atoms with Crippen LogP contribution >= 0.6 is 7.82 Å². The fourth-order valence-corrected chi connectivity index (χ4v) is 6.36. The number of phosphoric ester groups is 1. The fourth-order valence-electron chi connectivity index (χ4n) is 5.59. The molecule has 0 aliphatic rings. The average Bonchev–Trinajstić information content (AvgIpc) is 3.24. The largest absolute Gasteiger partial charge is 0.472 e. The van der Waals surface area contributed by atoms with Crippen LogP contribution in [-0.4, -0.2) is 49.9 Å². The van der Waals surface area contributed by atoms with Gasteiger partial charge >= 0.3 is 13.8 Å². The van der Waals surface area contributed by atoms with Crippen LogP contribution in [0.4, 0.5) is 0 Å². The zero-order valence-corrected chi connectivity index (χ0v) is 38.5. The number of ether oxygens (including phenoxy) is 2. The second kappa shape index (κ2) is 47.0. The van der Waals surface area contributed by atoms with Crippen LogP contribution in [-0.2, 0) is 27.9 Å². The summed E-state index contributed by atoms with van der Waals surface area (Å²) in [6.45, 7) is 4.49. The summed E-state index contributed by atoms with van der Waals surface area (Å²) in [5.74, 6) is -0.364. The summed E-state index contributed by atoms with van der Waals surface area (Å²) in [6, 6.07) is 0. The van der Waals surface area contributed by atoms with Crippen LogP contribution in [0.5, 0.6) is 0 Å². The van der Waals surface area contributed by atoms with E-state index in [9.17, 15) is 14.3 Å². The summed E-state index contributed by atoms with van der Waals surface area (Å²) >= 11 is 0. The second-order valence-electron chi connectivity index (χ2n) is 14.5. The van der Waals surface area contributed by atoms with Gasteiger partial charge in [0, 0.05) is 19.6 Å². The third kappa shape index (κ3) is 46.0. The van der Waals surface area contributed by atoms with Crippen LogP contribution in [0.3, 0.4) is 0 Å². The minimum Gasteiger partial charge on any atom is -0.457 e. The second-order valence-corrected chi connectivity index (χ2v) is 16.0. The highest BCUT2D eigenvalue weighted by molar-refractivity contribution is 7.47. The van der Waals surface area contributed by atoms with E-state index in [1.165, 1.54) is 25.7 Å². The fraction of sp³-hybridized carbons (Fsp3) is 0.588. The Hall–Kier alpha value is -3.10. The number of rotatable bonds is 42. The Morgan fingerprint density at radius 3 is 1.32 bits per heavy atom. The van der Waals surface area contributed by atoms with E-state index in [1.54, 1.807) is 0 Å². The Bertz CT molecular complexity index is 1320. The molecule has 0 heterocycles. The summed E-state index contributed by atoms with van der Waals surface area (Å²) in [5, 5.41) is 0. The van der Waals surface area contributed by atoms with Gasteiger partial charge in [0.2, 0.25) is 0 Å². The molecule has 0 fully saturated rings. The number of nitrogens with two attached hydrogens (primary N) is 1. The normalized spacial score (nSPS) is 14.5. The van der Waals surface area contributed by atoms with Gasteiger partial charge in [0.1, 0.15) is 6.10 Å². The molecule has 2 atom stereocenters. The van der Waals surface area contributed by atoms with Gasteiger partial charge < -0.3 is 20.1 Å². The Morgan fingerprint density at radius 1 is 0.500 bits per heavy atom. The Kier molecular flexibility index (Phi) is 44.5. The van der Waals surface area contributed by atoms with Crippen molar-refractivity contribution >= 4 is 13.8 Å². The van der Waals surface area contributed by atoms with Crippen LogP contribution < -0.4 is 5.73 Å². The first-order chi connectivity index (χ1) is 29.4. The van der Waals surface area contributed by atoms with Gasteiger partial charge in [-0.15, -0.1) is 0 Å². The smallest absolute Gasteiger partial charge is 0.457 e. The van der Waals surface area contributed by atoms with Crippen LogP contribution in [0.1, 0.15) is 155 Å². The van der Waals surface area contributed by atoms with Gasteiger partial charge in [-0.05, 0) is 96.3 Å². The molecule has 0 aromatic heterocycles. The highest BCUT2D eigenvalue weighted by Crippen LogP contribution is 2.43. The Balaban J connectivity index is 4.16. The quantitative estimate of drug-likeness (QED) is 0.0270. The van der Waals surface area contributed by atoms with Gasteiger partial charge in [0.25, 0.3) is 0 Å². The third-order valence-corrected chi connectivity index (χ3v) is 9.86. The first-order valence-corrected chi connectivity index (χ1v) is 24.5. The van der Waals surface area contributed by atoms with Crippen LogP contribution in [0, 0.1) is 0 Å². The van der Waals surface area contributed by atoms with E-state index in [0.29, 0.717) is 6.61 Å². The molecule has 0 bridgehead atoms. The molecular weight excluding hydrogens is 770 g/mol. The van der Waals surface area contributed by atoms with Crippen molar-refractivity contribution in [3.63, 3.8) is 0 Å². The predicted molar refractivity (Wildman–Crippen MR) is 256 cm³/mol. The minimum absolute atomic E-state index is 0.0641. The highest BCUT2D eigenvalue weighted by atomic mass is 31.2. The molecule has 0 aromatic carbocycles. The van der Waals surface area contributed by atoms with E-state index in [4.69, 9.17) is 24.3 Å². The summed E-state index contributed by atoms with van der Waals surface area (Å²) in [5.41, 5.74) is 5.37.